The Balaban J connectivity index is 1.78. The molecular weight excluding hydrogens is 257 g/mol. The molecule has 0 saturated carbocycles. The molecule has 4 nitrogen and oxygen atoms in total. The molecule has 1 aliphatic heterocycles. The first kappa shape index (κ1) is 12.2. The van der Waals surface area contributed by atoms with Crippen LogP contribution in [0.3, 0.4) is 0 Å². The van der Waals surface area contributed by atoms with Crippen LogP contribution in [0.4, 0.5) is 4.39 Å². The summed E-state index contributed by atoms with van der Waals surface area (Å²) in [6.07, 6.45) is 2.33. The molecule has 3 rings (SSSR count). The van der Waals surface area contributed by atoms with Crippen molar-refractivity contribution < 1.29 is 9.13 Å². The molecule has 1 aliphatic rings. The molecule has 0 spiro atoms. The molecule has 1 unspecified atom stereocenters. The first-order valence-corrected chi connectivity index (χ1v) is 6.00. The quantitative estimate of drug-likeness (QED) is 0.908. The minimum absolute atomic E-state index is 0.370. The van der Waals surface area contributed by atoms with Gasteiger partial charge in [-0.1, -0.05) is 12.1 Å². The van der Waals surface area contributed by atoms with E-state index < -0.39 is 0 Å². The Kier molecular flexibility index (Phi) is 3.05. The highest BCUT2D eigenvalue weighted by atomic mass is 19.1. The molecule has 2 aromatic rings. The number of benzene rings is 1. The zero-order valence-corrected chi connectivity index (χ0v) is 10.4. The largest absolute Gasteiger partial charge is 0.472 e. The maximum Gasteiger partial charge on any atom is 0.195 e. The van der Waals surface area contributed by atoms with Gasteiger partial charge >= 0.3 is 0 Å². The lowest BCUT2D eigenvalue weighted by atomic mass is 10.1. The molecule has 0 aliphatic carbocycles. The topological polar surface area (TPSA) is 57.9 Å². The van der Waals surface area contributed by atoms with Gasteiger partial charge in [-0.25, -0.2) is 4.39 Å². The van der Waals surface area contributed by atoms with Crippen molar-refractivity contribution in [2.75, 3.05) is 0 Å². The van der Waals surface area contributed by atoms with Crippen molar-refractivity contribution in [3.8, 4) is 6.07 Å². The number of hydrogen-bond donors (Lipinski definition) is 1. The van der Waals surface area contributed by atoms with Crippen molar-refractivity contribution in [3.63, 3.8) is 0 Å². The number of aromatic nitrogens is 1. The zero-order chi connectivity index (χ0) is 13.9. The average molecular weight is 267 g/mol. The summed E-state index contributed by atoms with van der Waals surface area (Å²) in [5, 5.41) is 12.0. The summed E-state index contributed by atoms with van der Waals surface area (Å²) in [6, 6.07) is 12.2. The number of nitriles is 1. The van der Waals surface area contributed by atoms with Crippen LogP contribution in [0.25, 0.3) is 5.70 Å². The van der Waals surface area contributed by atoms with Crippen LogP contribution in [-0.2, 0) is 4.74 Å². The third kappa shape index (κ3) is 2.31. The number of ether oxygens (including phenoxy) is 1. The number of hydrogen-bond acceptors (Lipinski definition) is 4. The molecule has 1 N–H and O–H groups in total. The molecule has 1 atom stereocenters. The van der Waals surface area contributed by atoms with Crippen molar-refractivity contribution in [1.82, 2.24) is 10.3 Å². The van der Waals surface area contributed by atoms with E-state index in [0.29, 0.717) is 17.0 Å². The van der Waals surface area contributed by atoms with Gasteiger partial charge in [-0.3, -0.25) is 4.98 Å². The van der Waals surface area contributed by atoms with Gasteiger partial charge in [0.15, 0.2) is 6.23 Å². The monoisotopic (exact) mass is 267 g/mol. The molecule has 0 saturated heterocycles. The number of pyridine rings is 1. The van der Waals surface area contributed by atoms with Gasteiger partial charge in [-0.05, 0) is 24.3 Å². The molecule has 0 amide bonds. The fraction of sp³-hybridized carbons (Fsp3) is 0.0667. The molecular formula is C15H10FN3O. The van der Waals surface area contributed by atoms with Crippen LogP contribution in [0.15, 0.2) is 48.9 Å². The van der Waals surface area contributed by atoms with E-state index in [0.717, 1.165) is 11.8 Å². The second kappa shape index (κ2) is 5.02. The van der Waals surface area contributed by atoms with Gasteiger partial charge in [0.1, 0.15) is 12.1 Å². The van der Waals surface area contributed by atoms with Crippen LogP contribution in [0, 0.1) is 17.1 Å². The van der Waals surface area contributed by atoms with E-state index in [2.05, 4.69) is 16.4 Å². The second-order valence-corrected chi connectivity index (χ2v) is 4.29. The number of nitrogens with one attached hydrogen (secondary N) is 1. The highest BCUT2D eigenvalue weighted by Gasteiger charge is 2.21. The lowest BCUT2D eigenvalue weighted by Crippen LogP contribution is -2.15. The summed E-state index contributed by atoms with van der Waals surface area (Å²) in [5.41, 5.74) is 2.70. The van der Waals surface area contributed by atoms with Crippen molar-refractivity contribution in [1.29, 1.82) is 5.26 Å². The number of nitrogens with zero attached hydrogens (tertiary/aromatic N) is 2. The summed E-state index contributed by atoms with van der Waals surface area (Å²) in [7, 11) is 0. The molecule has 0 radical (unpaired) electrons. The van der Waals surface area contributed by atoms with Gasteiger partial charge in [-0.15, -0.1) is 0 Å². The maximum atomic E-state index is 12.8. The SMILES string of the molecule is N#Cc1cccc(C2NC(c3ccc(F)cn3)=CO2)c1. The summed E-state index contributed by atoms with van der Waals surface area (Å²) < 4.78 is 18.4. The second-order valence-electron chi connectivity index (χ2n) is 4.29. The normalized spacial score (nSPS) is 16.8. The van der Waals surface area contributed by atoms with Crippen LogP contribution < -0.4 is 5.32 Å². The standard InChI is InChI=1S/C15H10FN3O/c16-12-4-5-13(18-8-12)14-9-20-15(19-14)11-3-1-2-10(6-11)7-17/h1-6,8-9,15,19H. The fourth-order valence-corrected chi connectivity index (χ4v) is 1.95. The van der Waals surface area contributed by atoms with Crippen molar-refractivity contribution in [2.24, 2.45) is 0 Å². The van der Waals surface area contributed by atoms with Gasteiger partial charge < -0.3 is 10.1 Å². The first-order chi connectivity index (χ1) is 9.76. The maximum absolute atomic E-state index is 12.8. The smallest absolute Gasteiger partial charge is 0.195 e. The van der Waals surface area contributed by atoms with Crippen molar-refractivity contribution in [3.05, 3.63) is 71.5 Å². The molecule has 2 heterocycles. The van der Waals surface area contributed by atoms with Gasteiger partial charge in [0.2, 0.25) is 0 Å². The molecule has 98 valence electrons. The number of rotatable bonds is 2. The Labute approximate surface area is 115 Å². The molecule has 1 aromatic carbocycles. The lowest BCUT2D eigenvalue weighted by molar-refractivity contribution is 0.155. The first-order valence-electron chi connectivity index (χ1n) is 6.00. The van der Waals surface area contributed by atoms with E-state index in [9.17, 15) is 4.39 Å². The minimum atomic E-state index is -0.383. The van der Waals surface area contributed by atoms with E-state index in [1.807, 2.05) is 6.07 Å². The van der Waals surface area contributed by atoms with Crippen LogP contribution in [0.1, 0.15) is 23.0 Å². The van der Waals surface area contributed by atoms with Crippen molar-refractivity contribution >= 4 is 5.70 Å². The Morgan fingerprint density at radius 1 is 1.30 bits per heavy atom. The van der Waals surface area contributed by atoms with Crippen LogP contribution in [0.2, 0.25) is 0 Å². The molecule has 20 heavy (non-hydrogen) atoms. The predicted molar refractivity (Wildman–Crippen MR) is 70.3 cm³/mol. The van der Waals surface area contributed by atoms with E-state index >= 15 is 0 Å². The highest BCUT2D eigenvalue weighted by molar-refractivity contribution is 5.61. The molecule has 5 heteroatoms. The Morgan fingerprint density at radius 3 is 2.95 bits per heavy atom. The third-order valence-electron chi connectivity index (χ3n) is 2.93. The van der Waals surface area contributed by atoms with E-state index in [4.69, 9.17) is 10.00 Å². The summed E-state index contributed by atoms with van der Waals surface area (Å²) in [5.74, 6) is -0.383. The third-order valence-corrected chi connectivity index (χ3v) is 2.93. The van der Waals surface area contributed by atoms with E-state index in [1.54, 1.807) is 30.5 Å². The Hall–Kier alpha value is -2.87. The number of halogens is 1. The van der Waals surface area contributed by atoms with E-state index in [-0.39, 0.29) is 12.0 Å². The average Bonchev–Trinajstić information content (AvgIpc) is 2.98. The van der Waals surface area contributed by atoms with Crippen LogP contribution >= 0.6 is 0 Å². The zero-order valence-electron chi connectivity index (χ0n) is 10.4. The summed E-state index contributed by atoms with van der Waals surface area (Å²) in [4.78, 5) is 3.98. The predicted octanol–water partition coefficient (Wildman–Crippen LogP) is 2.71. The van der Waals surface area contributed by atoms with Gasteiger partial charge in [0.25, 0.3) is 0 Å². The van der Waals surface area contributed by atoms with Crippen LogP contribution in [-0.4, -0.2) is 4.98 Å². The van der Waals surface area contributed by atoms with Gasteiger partial charge in [0.05, 0.1) is 29.2 Å². The summed E-state index contributed by atoms with van der Waals surface area (Å²) >= 11 is 0. The molecule has 1 aromatic heterocycles. The molecule has 0 bridgehead atoms. The highest BCUT2D eigenvalue weighted by Crippen LogP contribution is 2.26. The lowest BCUT2D eigenvalue weighted by Gasteiger charge is -2.13. The summed E-state index contributed by atoms with van der Waals surface area (Å²) in [6.45, 7) is 0. The van der Waals surface area contributed by atoms with Crippen molar-refractivity contribution in [2.45, 2.75) is 6.23 Å². The van der Waals surface area contributed by atoms with Gasteiger partial charge in [-0.2, -0.15) is 5.26 Å². The minimum Gasteiger partial charge on any atom is -0.472 e. The van der Waals surface area contributed by atoms with E-state index in [1.165, 1.54) is 6.07 Å². The Morgan fingerprint density at radius 2 is 2.20 bits per heavy atom. The molecule has 0 fully saturated rings. The van der Waals surface area contributed by atoms with Gasteiger partial charge in [0, 0.05) is 5.56 Å². The Bertz CT molecular complexity index is 704. The van der Waals surface area contributed by atoms with Crippen LogP contribution in [0.5, 0.6) is 0 Å². The fourth-order valence-electron chi connectivity index (χ4n) is 1.95.